The number of rotatable bonds is 1. The minimum atomic E-state index is -0.837. The van der Waals surface area contributed by atoms with Crippen LogP contribution in [0.15, 0.2) is 24.5 Å². The van der Waals surface area contributed by atoms with Gasteiger partial charge in [-0.25, -0.2) is 4.98 Å². The SMILES string of the molecule is CN1CCN(C(=O)c2c[nH]c3ncccc23)C(C)(C)C1=O. The fourth-order valence-electron chi connectivity index (χ4n) is 2.85. The molecule has 110 valence electrons. The summed E-state index contributed by atoms with van der Waals surface area (Å²) in [5, 5.41) is 0.782. The lowest BCUT2D eigenvalue weighted by Gasteiger charge is -2.44. The number of hydrogen-bond acceptors (Lipinski definition) is 3. The highest BCUT2D eigenvalue weighted by Crippen LogP contribution is 2.26. The summed E-state index contributed by atoms with van der Waals surface area (Å²) in [5.41, 5.74) is 0.401. The lowest BCUT2D eigenvalue weighted by molar-refractivity contribution is -0.144. The molecule has 0 radical (unpaired) electrons. The minimum Gasteiger partial charge on any atom is -0.345 e. The summed E-state index contributed by atoms with van der Waals surface area (Å²) < 4.78 is 0. The second-order valence-corrected chi connectivity index (χ2v) is 5.84. The molecule has 0 spiro atoms. The third-order valence-corrected chi connectivity index (χ3v) is 4.13. The average Bonchev–Trinajstić information content (AvgIpc) is 2.88. The summed E-state index contributed by atoms with van der Waals surface area (Å²) in [5.74, 6) is -0.180. The summed E-state index contributed by atoms with van der Waals surface area (Å²) in [7, 11) is 1.77. The molecule has 0 atom stereocenters. The van der Waals surface area contributed by atoms with Crippen LogP contribution in [0.4, 0.5) is 0 Å². The van der Waals surface area contributed by atoms with Crippen molar-refractivity contribution >= 4 is 22.8 Å². The molecule has 2 aromatic heterocycles. The van der Waals surface area contributed by atoms with Crippen LogP contribution >= 0.6 is 0 Å². The Balaban J connectivity index is 2.00. The van der Waals surface area contributed by atoms with Crippen molar-refractivity contribution in [3.05, 3.63) is 30.1 Å². The monoisotopic (exact) mass is 286 g/mol. The summed E-state index contributed by atoms with van der Waals surface area (Å²) >= 11 is 0. The molecule has 1 aliphatic heterocycles. The zero-order valence-electron chi connectivity index (χ0n) is 12.4. The Bertz CT molecular complexity index is 719. The molecular weight excluding hydrogens is 268 g/mol. The molecule has 21 heavy (non-hydrogen) atoms. The summed E-state index contributed by atoms with van der Waals surface area (Å²) in [6.07, 6.45) is 3.34. The van der Waals surface area contributed by atoms with Gasteiger partial charge in [-0.05, 0) is 26.0 Å². The molecule has 1 N–H and O–H groups in total. The topological polar surface area (TPSA) is 69.3 Å². The van der Waals surface area contributed by atoms with E-state index >= 15 is 0 Å². The third-order valence-electron chi connectivity index (χ3n) is 4.13. The van der Waals surface area contributed by atoms with Gasteiger partial charge in [0, 0.05) is 37.9 Å². The molecule has 0 unspecified atom stereocenters. The van der Waals surface area contributed by atoms with Gasteiger partial charge in [0.1, 0.15) is 11.2 Å². The molecule has 6 heteroatoms. The maximum absolute atomic E-state index is 12.9. The number of nitrogens with zero attached hydrogens (tertiary/aromatic N) is 3. The lowest BCUT2D eigenvalue weighted by Crippen LogP contribution is -2.63. The number of piperazine rings is 1. The first-order chi connectivity index (χ1) is 9.93. The Morgan fingerprint density at radius 1 is 1.38 bits per heavy atom. The van der Waals surface area contributed by atoms with Gasteiger partial charge in [-0.1, -0.05) is 0 Å². The Labute approximate surface area is 122 Å². The lowest BCUT2D eigenvalue weighted by atomic mass is 9.96. The molecule has 1 saturated heterocycles. The first kappa shape index (κ1) is 13.6. The van der Waals surface area contributed by atoms with E-state index in [1.165, 1.54) is 0 Å². The largest absolute Gasteiger partial charge is 0.345 e. The molecule has 1 aliphatic rings. The molecule has 3 heterocycles. The number of H-pyrrole nitrogens is 1. The van der Waals surface area contributed by atoms with E-state index in [2.05, 4.69) is 9.97 Å². The molecule has 0 saturated carbocycles. The molecule has 2 amide bonds. The number of nitrogens with one attached hydrogen (secondary N) is 1. The second-order valence-electron chi connectivity index (χ2n) is 5.84. The van der Waals surface area contributed by atoms with Crippen LogP contribution in [0.5, 0.6) is 0 Å². The Morgan fingerprint density at radius 2 is 2.14 bits per heavy atom. The number of hydrogen-bond donors (Lipinski definition) is 1. The van der Waals surface area contributed by atoms with Gasteiger partial charge in [-0.15, -0.1) is 0 Å². The predicted molar refractivity (Wildman–Crippen MR) is 78.8 cm³/mol. The van der Waals surface area contributed by atoms with Crippen LogP contribution in [0.1, 0.15) is 24.2 Å². The van der Waals surface area contributed by atoms with Crippen molar-refractivity contribution in [2.45, 2.75) is 19.4 Å². The van der Waals surface area contributed by atoms with Crippen LogP contribution in [-0.2, 0) is 4.79 Å². The van der Waals surface area contributed by atoms with Gasteiger partial charge in [0.15, 0.2) is 0 Å². The molecule has 0 bridgehead atoms. The van der Waals surface area contributed by atoms with Crippen molar-refractivity contribution < 1.29 is 9.59 Å². The number of fused-ring (bicyclic) bond motifs is 1. The predicted octanol–water partition coefficient (Wildman–Crippen LogP) is 1.26. The fourth-order valence-corrected chi connectivity index (χ4v) is 2.85. The average molecular weight is 286 g/mol. The number of aromatic amines is 1. The Hall–Kier alpha value is -2.37. The van der Waals surface area contributed by atoms with Gasteiger partial charge < -0.3 is 14.8 Å². The van der Waals surface area contributed by atoms with Crippen LogP contribution in [0.25, 0.3) is 11.0 Å². The quantitative estimate of drug-likeness (QED) is 0.858. The zero-order valence-corrected chi connectivity index (χ0v) is 12.4. The van der Waals surface area contributed by atoms with Crippen molar-refractivity contribution in [3.8, 4) is 0 Å². The highest BCUT2D eigenvalue weighted by Gasteiger charge is 2.43. The van der Waals surface area contributed by atoms with Crippen LogP contribution in [0, 0.1) is 0 Å². The molecule has 3 rings (SSSR count). The number of carbonyl (C=O) groups excluding carboxylic acids is 2. The van der Waals surface area contributed by atoms with Crippen molar-refractivity contribution in [2.75, 3.05) is 20.1 Å². The summed E-state index contributed by atoms with van der Waals surface area (Å²) in [6.45, 7) is 4.65. The van der Waals surface area contributed by atoms with Crippen LogP contribution < -0.4 is 0 Å². The summed E-state index contributed by atoms with van der Waals surface area (Å²) in [4.78, 5) is 35.7. The van der Waals surface area contributed by atoms with Crippen LogP contribution in [0.3, 0.4) is 0 Å². The molecular formula is C15H18N4O2. The van der Waals surface area contributed by atoms with Crippen molar-refractivity contribution in [1.82, 2.24) is 19.8 Å². The van der Waals surface area contributed by atoms with Gasteiger partial charge in [0.25, 0.3) is 5.91 Å². The van der Waals surface area contributed by atoms with E-state index in [9.17, 15) is 9.59 Å². The Morgan fingerprint density at radius 3 is 2.90 bits per heavy atom. The number of pyridine rings is 1. The maximum atomic E-state index is 12.9. The minimum absolute atomic E-state index is 0.0416. The van der Waals surface area contributed by atoms with E-state index < -0.39 is 5.54 Å². The van der Waals surface area contributed by atoms with Crippen LogP contribution in [0.2, 0.25) is 0 Å². The summed E-state index contributed by atoms with van der Waals surface area (Å²) in [6, 6.07) is 3.66. The van der Waals surface area contributed by atoms with E-state index in [0.29, 0.717) is 24.3 Å². The highest BCUT2D eigenvalue weighted by atomic mass is 16.2. The van der Waals surface area contributed by atoms with Crippen molar-refractivity contribution in [2.24, 2.45) is 0 Å². The number of aromatic nitrogens is 2. The normalized spacial score (nSPS) is 18.3. The van der Waals surface area contributed by atoms with E-state index in [1.54, 1.807) is 49.2 Å². The van der Waals surface area contributed by atoms with Gasteiger partial charge >= 0.3 is 0 Å². The number of carbonyl (C=O) groups is 2. The second kappa shape index (κ2) is 4.58. The first-order valence-corrected chi connectivity index (χ1v) is 6.92. The molecule has 6 nitrogen and oxygen atoms in total. The van der Waals surface area contributed by atoms with E-state index in [-0.39, 0.29) is 11.8 Å². The number of likely N-dealkylation sites (N-methyl/N-ethyl adjacent to an activating group) is 1. The third kappa shape index (κ3) is 1.98. The molecule has 0 aromatic carbocycles. The van der Waals surface area contributed by atoms with E-state index in [0.717, 1.165) is 5.39 Å². The highest BCUT2D eigenvalue weighted by molar-refractivity contribution is 6.08. The smallest absolute Gasteiger partial charge is 0.257 e. The molecule has 1 fully saturated rings. The van der Waals surface area contributed by atoms with Gasteiger partial charge in [0.05, 0.1) is 5.56 Å². The molecule has 2 aromatic rings. The van der Waals surface area contributed by atoms with Gasteiger partial charge in [0.2, 0.25) is 5.91 Å². The number of amides is 2. The zero-order chi connectivity index (χ0) is 15.2. The molecule has 0 aliphatic carbocycles. The van der Waals surface area contributed by atoms with Crippen molar-refractivity contribution in [3.63, 3.8) is 0 Å². The van der Waals surface area contributed by atoms with E-state index in [1.807, 2.05) is 6.07 Å². The van der Waals surface area contributed by atoms with Gasteiger partial charge in [-0.2, -0.15) is 0 Å². The first-order valence-electron chi connectivity index (χ1n) is 6.92. The van der Waals surface area contributed by atoms with Crippen LogP contribution in [-0.4, -0.2) is 57.3 Å². The fraction of sp³-hybridized carbons (Fsp3) is 0.400. The van der Waals surface area contributed by atoms with Gasteiger partial charge in [-0.3, -0.25) is 9.59 Å². The maximum Gasteiger partial charge on any atom is 0.257 e. The van der Waals surface area contributed by atoms with E-state index in [4.69, 9.17) is 0 Å². The standard InChI is InChI=1S/C15H18N4O2/c1-15(2)14(21)18(3)7-8-19(15)13(20)11-9-17-12-10(11)5-4-6-16-12/h4-6,9H,7-8H2,1-3H3,(H,16,17). The van der Waals surface area contributed by atoms with Crippen molar-refractivity contribution in [1.29, 1.82) is 0 Å². The Kier molecular flexibility index (Phi) is 2.97.